The lowest BCUT2D eigenvalue weighted by Gasteiger charge is -2.34. The number of nitrogens with zero attached hydrogens (tertiary/aromatic N) is 5. The number of benzene rings is 2. The Balaban J connectivity index is 1.90. The average Bonchev–Trinajstić information content (AvgIpc) is 3.21. The van der Waals surface area contributed by atoms with E-state index in [1.807, 2.05) is 48.2 Å². The van der Waals surface area contributed by atoms with Crippen LogP contribution in [0, 0.1) is 24.0 Å². The maximum Gasteiger partial charge on any atom is 0.137 e. The Morgan fingerprint density at radius 2 is 1.90 bits per heavy atom. The van der Waals surface area contributed by atoms with Crippen molar-refractivity contribution in [1.29, 1.82) is 0 Å². The minimum atomic E-state index is -1.72. The van der Waals surface area contributed by atoms with Gasteiger partial charge in [0.25, 0.3) is 0 Å². The monoisotopic (exact) mass is 425 g/mol. The second-order valence-corrected chi connectivity index (χ2v) is 7.66. The predicted octanol–water partition coefficient (Wildman–Crippen LogP) is 2.65. The summed E-state index contributed by atoms with van der Waals surface area (Å²) in [5.74, 6) is 1.04. The SMILES string of the molecule is C#CCN(Cc1ccc(N(C)C)cc1)CC(O)(Cn1cncn1)c1ccc(F)cc1F. The Kier molecular flexibility index (Phi) is 7.00. The summed E-state index contributed by atoms with van der Waals surface area (Å²) in [6.07, 6.45) is 8.31. The van der Waals surface area contributed by atoms with Crippen molar-refractivity contribution in [2.45, 2.75) is 18.7 Å². The number of hydrogen-bond acceptors (Lipinski definition) is 5. The zero-order chi connectivity index (χ0) is 22.4. The molecular weight excluding hydrogens is 400 g/mol. The van der Waals surface area contributed by atoms with Crippen molar-refractivity contribution in [3.05, 3.63) is 77.9 Å². The molecule has 0 fully saturated rings. The molecule has 3 rings (SSSR count). The standard InChI is InChI=1S/C23H25F2N5O/c1-4-11-29(13-18-5-8-20(9-6-18)28(2)3)14-23(31,15-30-17-26-16-27-30)21-10-7-19(24)12-22(21)25/h1,5-10,12,16-17,31H,11,13-15H2,2-3H3. The maximum absolute atomic E-state index is 14.6. The van der Waals surface area contributed by atoms with Gasteiger partial charge in [-0.1, -0.05) is 24.1 Å². The van der Waals surface area contributed by atoms with Gasteiger partial charge < -0.3 is 10.0 Å². The third-order valence-corrected chi connectivity index (χ3v) is 4.98. The van der Waals surface area contributed by atoms with E-state index in [4.69, 9.17) is 6.42 Å². The second kappa shape index (κ2) is 9.69. The molecule has 0 bridgehead atoms. The van der Waals surface area contributed by atoms with Crippen LogP contribution in [0.25, 0.3) is 0 Å². The van der Waals surface area contributed by atoms with Crippen LogP contribution in [0.3, 0.4) is 0 Å². The van der Waals surface area contributed by atoms with Gasteiger partial charge in [0.05, 0.1) is 13.1 Å². The van der Waals surface area contributed by atoms with Crippen LogP contribution in [0.4, 0.5) is 14.5 Å². The van der Waals surface area contributed by atoms with E-state index < -0.39 is 17.2 Å². The zero-order valence-electron chi connectivity index (χ0n) is 17.5. The lowest BCUT2D eigenvalue weighted by molar-refractivity contribution is -0.0205. The molecule has 31 heavy (non-hydrogen) atoms. The molecule has 0 radical (unpaired) electrons. The number of anilines is 1. The van der Waals surface area contributed by atoms with Crippen LogP contribution in [0.2, 0.25) is 0 Å². The van der Waals surface area contributed by atoms with Gasteiger partial charge in [0.15, 0.2) is 0 Å². The van der Waals surface area contributed by atoms with Crippen LogP contribution < -0.4 is 4.90 Å². The molecule has 8 heteroatoms. The van der Waals surface area contributed by atoms with Gasteiger partial charge in [-0.25, -0.2) is 18.4 Å². The summed E-state index contributed by atoms with van der Waals surface area (Å²) >= 11 is 0. The molecule has 2 aromatic carbocycles. The van der Waals surface area contributed by atoms with E-state index in [1.165, 1.54) is 23.4 Å². The van der Waals surface area contributed by atoms with Gasteiger partial charge in [-0.2, -0.15) is 5.10 Å². The topological polar surface area (TPSA) is 57.4 Å². The molecule has 0 aliphatic rings. The van der Waals surface area contributed by atoms with E-state index in [-0.39, 0.29) is 25.2 Å². The average molecular weight is 425 g/mol. The molecule has 1 atom stereocenters. The van der Waals surface area contributed by atoms with Crippen LogP contribution in [0.5, 0.6) is 0 Å². The lowest BCUT2D eigenvalue weighted by Crippen LogP contribution is -2.44. The molecule has 1 N–H and O–H groups in total. The molecule has 3 aromatic rings. The van der Waals surface area contributed by atoms with Crippen LogP contribution in [0.1, 0.15) is 11.1 Å². The first-order valence-electron chi connectivity index (χ1n) is 9.73. The highest BCUT2D eigenvalue weighted by Gasteiger charge is 2.35. The highest BCUT2D eigenvalue weighted by molar-refractivity contribution is 5.46. The van der Waals surface area contributed by atoms with E-state index in [2.05, 4.69) is 16.0 Å². The van der Waals surface area contributed by atoms with Gasteiger partial charge in [-0.15, -0.1) is 6.42 Å². The second-order valence-electron chi connectivity index (χ2n) is 7.66. The number of aliphatic hydroxyl groups is 1. The number of hydrogen-bond donors (Lipinski definition) is 1. The maximum atomic E-state index is 14.6. The Morgan fingerprint density at radius 1 is 1.16 bits per heavy atom. The molecule has 1 unspecified atom stereocenters. The summed E-state index contributed by atoms with van der Waals surface area (Å²) in [4.78, 5) is 7.71. The molecule has 1 aromatic heterocycles. The highest BCUT2D eigenvalue weighted by Crippen LogP contribution is 2.28. The summed E-state index contributed by atoms with van der Waals surface area (Å²) in [6, 6.07) is 11.1. The van der Waals surface area contributed by atoms with Crippen molar-refractivity contribution in [2.24, 2.45) is 0 Å². The van der Waals surface area contributed by atoms with Gasteiger partial charge in [0.2, 0.25) is 0 Å². The smallest absolute Gasteiger partial charge is 0.137 e. The number of aromatic nitrogens is 3. The molecular formula is C23H25F2N5O. The van der Waals surface area contributed by atoms with Gasteiger partial charge >= 0.3 is 0 Å². The summed E-state index contributed by atoms with van der Waals surface area (Å²) in [7, 11) is 3.92. The predicted molar refractivity (Wildman–Crippen MR) is 115 cm³/mol. The van der Waals surface area contributed by atoms with Crippen LogP contribution in [0.15, 0.2) is 55.1 Å². The van der Waals surface area contributed by atoms with Crippen molar-refractivity contribution in [3.63, 3.8) is 0 Å². The molecule has 0 saturated carbocycles. The largest absolute Gasteiger partial charge is 0.382 e. The van der Waals surface area contributed by atoms with Crippen molar-refractivity contribution >= 4 is 5.69 Å². The van der Waals surface area contributed by atoms with Gasteiger partial charge in [0.1, 0.15) is 29.9 Å². The summed E-state index contributed by atoms with van der Waals surface area (Å²) in [6.45, 7) is 0.615. The summed E-state index contributed by atoms with van der Waals surface area (Å²) in [5.41, 5.74) is 0.299. The Bertz CT molecular complexity index is 1030. The first kappa shape index (κ1) is 22.4. The van der Waals surface area contributed by atoms with E-state index in [0.29, 0.717) is 6.54 Å². The normalized spacial score (nSPS) is 13.1. The molecule has 0 saturated heterocycles. The van der Waals surface area contributed by atoms with Gasteiger partial charge in [0, 0.05) is 44.5 Å². The fourth-order valence-electron chi connectivity index (χ4n) is 3.49. The molecule has 162 valence electrons. The third kappa shape index (κ3) is 5.66. The summed E-state index contributed by atoms with van der Waals surface area (Å²) < 4.78 is 29.5. The van der Waals surface area contributed by atoms with Crippen molar-refractivity contribution < 1.29 is 13.9 Å². The molecule has 0 spiro atoms. The number of terminal acetylenes is 1. The zero-order valence-corrected chi connectivity index (χ0v) is 17.5. The van der Waals surface area contributed by atoms with Crippen LogP contribution in [-0.2, 0) is 18.7 Å². The molecule has 6 nitrogen and oxygen atoms in total. The first-order chi connectivity index (χ1) is 14.8. The van der Waals surface area contributed by atoms with Gasteiger partial charge in [-0.05, 0) is 23.8 Å². The minimum Gasteiger partial charge on any atom is -0.382 e. The fourth-order valence-corrected chi connectivity index (χ4v) is 3.49. The third-order valence-electron chi connectivity index (χ3n) is 4.98. The Hall–Kier alpha value is -3.28. The Labute approximate surface area is 180 Å². The molecule has 0 aliphatic carbocycles. The van der Waals surface area contributed by atoms with Gasteiger partial charge in [-0.3, -0.25) is 4.90 Å². The lowest BCUT2D eigenvalue weighted by atomic mass is 9.92. The fraction of sp³-hybridized carbons (Fsp3) is 0.304. The number of rotatable bonds is 9. The highest BCUT2D eigenvalue weighted by atomic mass is 19.1. The minimum absolute atomic E-state index is 0.00897. The van der Waals surface area contributed by atoms with E-state index in [0.717, 1.165) is 23.4 Å². The van der Waals surface area contributed by atoms with Crippen molar-refractivity contribution in [3.8, 4) is 12.3 Å². The molecule has 1 heterocycles. The summed E-state index contributed by atoms with van der Waals surface area (Å²) in [5, 5.41) is 15.6. The van der Waals surface area contributed by atoms with Crippen molar-refractivity contribution in [1.82, 2.24) is 19.7 Å². The van der Waals surface area contributed by atoms with E-state index in [9.17, 15) is 13.9 Å². The van der Waals surface area contributed by atoms with Crippen LogP contribution in [-0.4, -0.2) is 52.0 Å². The molecule has 0 amide bonds. The van der Waals surface area contributed by atoms with E-state index >= 15 is 0 Å². The first-order valence-corrected chi connectivity index (χ1v) is 9.73. The Morgan fingerprint density at radius 3 is 2.48 bits per heavy atom. The number of halogens is 2. The van der Waals surface area contributed by atoms with E-state index in [1.54, 1.807) is 0 Å². The molecule has 0 aliphatic heterocycles. The van der Waals surface area contributed by atoms with Crippen molar-refractivity contribution in [2.75, 3.05) is 32.1 Å². The quantitative estimate of drug-likeness (QED) is 0.534. The van der Waals surface area contributed by atoms with Crippen LogP contribution >= 0.6 is 0 Å².